The number of hydrogen-bond acceptors (Lipinski definition) is 4. The van der Waals surface area contributed by atoms with Gasteiger partial charge in [-0.05, 0) is 12.8 Å². The maximum absolute atomic E-state index is 12.3. The molecule has 1 amide bonds. The number of amides is 1. The van der Waals surface area contributed by atoms with Gasteiger partial charge >= 0.3 is 6.18 Å². The normalized spacial score (nSPS) is 20.1. The van der Waals surface area contributed by atoms with Crippen LogP contribution < -0.4 is 5.73 Å². The molecular weight excluding hydrogens is 267 g/mol. The van der Waals surface area contributed by atoms with Gasteiger partial charge in [0.05, 0.1) is 0 Å². The lowest BCUT2D eigenvalue weighted by Crippen LogP contribution is -2.54. The minimum absolute atomic E-state index is 0.0872. The minimum Gasteiger partial charge on any atom is -0.409 e. The third-order valence-electron chi connectivity index (χ3n) is 3.12. The Kier molecular flexibility index (Phi) is 4.61. The third-order valence-corrected chi connectivity index (χ3v) is 3.12. The molecule has 1 heterocycles. The van der Waals surface area contributed by atoms with Gasteiger partial charge in [-0.25, -0.2) is 0 Å². The zero-order valence-electron chi connectivity index (χ0n) is 10.4. The summed E-state index contributed by atoms with van der Waals surface area (Å²) in [6, 6.07) is 0. The molecule has 0 saturated carbocycles. The van der Waals surface area contributed by atoms with Crippen molar-refractivity contribution in [3.63, 3.8) is 0 Å². The lowest BCUT2D eigenvalue weighted by Gasteiger charge is -2.37. The summed E-state index contributed by atoms with van der Waals surface area (Å²) in [4.78, 5) is 12.7. The maximum Gasteiger partial charge on any atom is 0.406 e. The van der Waals surface area contributed by atoms with Crippen LogP contribution in [-0.4, -0.2) is 54.8 Å². The molecule has 1 aliphatic heterocycles. The highest BCUT2D eigenvalue weighted by Gasteiger charge is 2.47. The Morgan fingerprint density at radius 3 is 2.42 bits per heavy atom. The molecule has 19 heavy (non-hydrogen) atoms. The summed E-state index contributed by atoms with van der Waals surface area (Å²) in [5.74, 6) is -1.20. The van der Waals surface area contributed by atoms with Crippen molar-refractivity contribution in [1.29, 1.82) is 0 Å². The van der Waals surface area contributed by atoms with Crippen LogP contribution in [0.25, 0.3) is 0 Å². The second kappa shape index (κ2) is 5.64. The van der Waals surface area contributed by atoms with Crippen molar-refractivity contribution >= 4 is 11.7 Å². The topological polar surface area (TPSA) is 88.2 Å². The van der Waals surface area contributed by atoms with E-state index in [4.69, 9.17) is 15.7 Å². The molecule has 0 aliphatic carbocycles. The molecule has 9 heteroatoms. The van der Waals surface area contributed by atoms with E-state index in [1.807, 2.05) is 0 Å². The first-order valence-electron chi connectivity index (χ1n) is 5.61. The smallest absolute Gasteiger partial charge is 0.406 e. The molecule has 0 spiro atoms. The summed E-state index contributed by atoms with van der Waals surface area (Å²) < 4.78 is 42.0. The first-order chi connectivity index (χ1) is 8.73. The van der Waals surface area contributed by atoms with Gasteiger partial charge in [0.2, 0.25) is 5.91 Å². The number of hydrogen-bond donors (Lipinski definition) is 2. The van der Waals surface area contributed by atoms with Crippen LogP contribution in [0.1, 0.15) is 12.8 Å². The van der Waals surface area contributed by atoms with Crippen LogP contribution in [0.2, 0.25) is 0 Å². The first kappa shape index (κ1) is 15.5. The van der Waals surface area contributed by atoms with Crippen LogP contribution in [0.3, 0.4) is 0 Å². The van der Waals surface area contributed by atoms with Gasteiger partial charge in [-0.2, -0.15) is 13.2 Å². The Hall–Kier alpha value is -1.51. The summed E-state index contributed by atoms with van der Waals surface area (Å²) in [5.41, 5.74) is 4.08. The van der Waals surface area contributed by atoms with E-state index in [0.29, 0.717) is 4.90 Å². The number of carbonyl (C=O) groups is 1. The molecule has 0 aromatic carbocycles. The summed E-state index contributed by atoms with van der Waals surface area (Å²) in [7, 11) is 1.04. The number of nitrogens with two attached hydrogens (primary N) is 1. The van der Waals surface area contributed by atoms with Crippen molar-refractivity contribution in [3.8, 4) is 0 Å². The van der Waals surface area contributed by atoms with Gasteiger partial charge in [-0.3, -0.25) is 4.79 Å². The van der Waals surface area contributed by atoms with Crippen molar-refractivity contribution in [2.24, 2.45) is 16.3 Å². The van der Waals surface area contributed by atoms with Crippen molar-refractivity contribution in [3.05, 3.63) is 0 Å². The van der Waals surface area contributed by atoms with Crippen LogP contribution in [0, 0.1) is 5.41 Å². The predicted molar refractivity (Wildman–Crippen MR) is 59.6 cm³/mol. The Balaban J connectivity index is 2.95. The first-order valence-corrected chi connectivity index (χ1v) is 5.61. The average Bonchev–Trinajstić information content (AvgIpc) is 2.35. The van der Waals surface area contributed by atoms with Gasteiger partial charge in [0.25, 0.3) is 0 Å². The highest BCUT2D eigenvalue weighted by atomic mass is 19.4. The number of halogens is 3. The van der Waals surface area contributed by atoms with E-state index in [9.17, 15) is 18.0 Å². The lowest BCUT2D eigenvalue weighted by atomic mass is 9.77. The number of alkyl halides is 3. The minimum atomic E-state index is -4.50. The van der Waals surface area contributed by atoms with Gasteiger partial charge < -0.3 is 20.6 Å². The van der Waals surface area contributed by atoms with Gasteiger partial charge in [-0.15, -0.1) is 0 Å². The fourth-order valence-corrected chi connectivity index (χ4v) is 2.10. The van der Waals surface area contributed by atoms with Crippen molar-refractivity contribution < 1.29 is 27.9 Å². The number of ether oxygens (including phenoxy) is 1. The number of carbonyl (C=O) groups excluding carboxylic acids is 1. The lowest BCUT2D eigenvalue weighted by molar-refractivity contribution is -0.165. The number of nitrogens with zero attached hydrogens (tertiary/aromatic N) is 2. The third kappa shape index (κ3) is 3.49. The Morgan fingerprint density at radius 2 is 2.00 bits per heavy atom. The highest BCUT2D eigenvalue weighted by Crippen LogP contribution is 2.33. The van der Waals surface area contributed by atoms with E-state index in [1.165, 1.54) is 0 Å². The Morgan fingerprint density at radius 1 is 1.47 bits per heavy atom. The van der Waals surface area contributed by atoms with E-state index >= 15 is 0 Å². The molecule has 1 aliphatic rings. The molecule has 0 aromatic heterocycles. The highest BCUT2D eigenvalue weighted by molar-refractivity contribution is 6.06. The second-order valence-electron chi connectivity index (χ2n) is 4.46. The summed E-state index contributed by atoms with van der Waals surface area (Å²) >= 11 is 0. The van der Waals surface area contributed by atoms with Crippen LogP contribution in [-0.2, 0) is 9.53 Å². The van der Waals surface area contributed by atoms with Crippen LogP contribution in [0.4, 0.5) is 13.2 Å². The molecule has 110 valence electrons. The molecule has 0 aromatic rings. The molecule has 0 atom stereocenters. The molecule has 6 nitrogen and oxygen atoms in total. The largest absolute Gasteiger partial charge is 0.409 e. The Labute approximate surface area is 108 Å². The fraction of sp³-hybridized carbons (Fsp3) is 0.800. The molecule has 0 unspecified atom stereocenters. The second-order valence-corrected chi connectivity index (χ2v) is 4.46. The van der Waals surface area contributed by atoms with Gasteiger partial charge in [0.1, 0.15) is 12.0 Å². The summed E-state index contributed by atoms with van der Waals surface area (Å²) in [6.07, 6.45) is -4.32. The zero-order chi connectivity index (χ0) is 14.7. The van der Waals surface area contributed by atoms with E-state index in [-0.39, 0.29) is 31.9 Å². The van der Waals surface area contributed by atoms with Crippen LogP contribution in [0.5, 0.6) is 0 Å². The van der Waals surface area contributed by atoms with Crippen molar-refractivity contribution in [2.75, 3.05) is 26.8 Å². The van der Waals surface area contributed by atoms with E-state index in [2.05, 4.69) is 5.16 Å². The molecule has 0 radical (unpaired) electrons. The number of rotatable bonds is 3. The van der Waals surface area contributed by atoms with E-state index in [0.717, 1.165) is 7.05 Å². The summed E-state index contributed by atoms with van der Waals surface area (Å²) in [6.45, 7) is -1.04. The van der Waals surface area contributed by atoms with Crippen LogP contribution >= 0.6 is 0 Å². The van der Waals surface area contributed by atoms with Crippen LogP contribution in [0.15, 0.2) is 5.16 Å². The fourth-order valence-electron chi connectivity index (χ4n) is 2.10. The molecule has 0 bridgehead atoms. The quantitative estimate of drug-likeness (QED) is 0.343. The zero-order valence-corrected chi connectivity index (χ0v) is 10.4. The average molecular weight is 283 g/mol. The number of amidine groups is 1. The number of oxime groups is 1. The molecule has 1 fully saturated rings. The van der Waals surface area contributed by atoms with Crippen molar-refractivity contribution in [2.45, 2.75) is 19.0 Å². The monoisotopic (exact) mass is 283 g/mol. The van der Waals surface area contributed by atoms with Gasteiger partial charge in [0, 0.05) is 20.3 Å². The predicted octanol–water partition coefficient (Wildman–Crippen LogP) is 0.550. The standard InChI is InChI=1S/C10H16F3N3O3/c1-16(6-10(11,12)13)8(17)9(7(14)15-18)2-4-19-5-3-9/h18H,2-6H2,1H3,(H2,14,15). The van der Waals surface area contributed by atoms with E-state index < -0.39 is 24.0 Å². The Bertz CT molecular complexity index is 365. The van der Waals surface area contributed by atoms with E-state index in [1.54, 1.807) is 0 Å². The SMILES string of the molecule is CN(CC(F)(F)F)C(=O)C1(C(N)=NO)CCOCC1. The molecular formula is C10H16F3N3O3. The maximum atomic E-state index is 12.3. The molecule has 3 N–H and O–H groups in total. The van der Waals surface area contributed by atoms with Gasteiger partial charge in [-0.1, -0.05) is 5.16 Å². The van der Waals surface area contributed by atoms with Crippen molar-refractivity contribution in [1.82, 2.24) is 4.90 Å². The van der Waals surface area contributed by atoms with Gasteiger partial charge in [0.15, 0.2) is 5.84 Å². The summed E-state index contributed by atoms with van der Waals surface area (Å²) in [5, 5.41) is 11.5. The molecule has 1 saturated heterocycles. The molecule has 1 rings (SSSR count).